The second kappa shape index (κ2) is 12.1. The average Bonchev–Trinajstić information content (AvgIpc) is 3.08. The molecular formula is C35H38N2O9. The standard InChI is InChI=1S/C35H38N2O9/c1-17-28(40-3)20-14-22-34(38)37-23(27(36-22)26(20)33(45-8)31(17)43-6)15-21-25(32(44-7)30(42-5)18(2)29(21)41-4)24(37)16-46-35(39)19-12-10-9-11-13-19/h9-13,15,22,24,27,36H,14,16H2,1-8H3/t22-,24-,27-/m1/s1. The van der Waals surface area contributed by atoms with Crippen LogP contribution in [0.25, 0.3) is 6.08 Å². The van der Waals surface area contributed by atoms with Crippen molar-refractivity contribution in [3.63, 3.8) is 0 Å². The van der Waals surface area contributed by atoms with Gasteiger partial charge in [-0.3, -0.25) is 10.1 Å². The number of nitrogens with zero attached hydrogens (tertiary/aromatic N) is 1. The molecular weight excluding hydrogens is 592 g/mol. The number of nitrogens with one attached hydrogen (secondary N) is 1. The summed E-state index contributed by atoms with van der Waals surface area (Å²) in [7, 11) is 9.49. The number of benzene rings is 3. The van der Waals surface area contributed by atoms with Crippen molar-refractivity contribution < 1.29 is 42.7 Å². The number of carbonyl (C=O) groups excluding carboxylic acids is 2. The van der Waals surface area contributed by atoms with E-state index in [2.05, 4.69) is 5.32 Å². The summed E-state index contributed by atoms with van der Waals surface area (Å²) >= 11 is 0. The normalized spacial score (nSPS) is 19.2. The molecule has 3 atom stereocenters. The van der Waals surface area contributed by atoms with E-state index in [1.165, 1.54) is 0 Å². The highest BCUT2D eigenvalue weighted by Gasteiger charge is 2.51. The Balaban J connectivity index is 1.61. The first-order valence-corrected chi connectivity index (χ1v) is 14.9. The van der Waals surface area contributed by atoms with Crippen LogP contribution in [0, 0.1) is 13.8 Å². The molecule has 0 unspecified atom stereocenters. The van der Waals surface area contributed by atoms with E-state index in [4.69, 9.17) is 33.2 Å². The highest BCUT2D eigenvalue weighted by Crippen LogP contribution is 2.57. The number of esters is 1. The van der Waals surface area contributed by atoms with E-state index >= 15 is 0 Å². The van der Waals surface area contributed by atoms with Gasteiger partial charge in [0.2, 0.25) is 5.91 Å². The minimum Gasteiger partial charge on any atom is -0.496 e. The van der Waals surface area contributed by atoms with Crippen molar-refractivity contribution in [3.8, 4) is 34.5 Å². The SMILES string of the molecule is COc1c(C)c(OC)c(OC)c2c1C=C1[C@H]3N[C@H](Cc4c(OC)c(C)c(OC)c(OC)c43)C(=O)N1[C@@H]2COC(=O)c1ccccc1. The van der Waals surface area contributed by atoms with Crippen molar-refractivity contribution in [2.75, 3.05) is 49.3 Å². The molecule has 11 nitrogen and oxygen atoms in total. The summed E-state index contributed by atoms with van der Waals surface area (Å²) < 4.78 is 41.4. The lowest BCUT2D eigenvalue weighted by molar-refractivity contribution is -0.138. The van der Waals surface area contributed by atoms with Crippen LogP contribution in [0.5, 0.6) is 34.5 Å². The maximum absolute atomic E-state index is 14.5. The summed E-state index contributed by atoms with van der Waals surface area (Å²) in [6, 6.07) is 6.85. The zero-order valence-electron chi connectivity index (χ0n) is 27.2. The van der Waals surface area contributed by atoms with Crippen LogP contribution in [-0.4, -0.2) is 72.1 Å². The first-order valence-electron chi connectivity index (χ1n) is 14.9. The second-order valence-corrected chi connectivity index (χ2v) is 11.3. The molecule has 1 N–H and O–H groups in total. The van der Waals surface area contributed by atoms with E-state index < -0.39 is 24.1 Å². The Kier molecular flexibility index (Phi) is 8.20. The lowest BCUT2D eigenvalue weighted by Gasteiger charge is -2.50. The van der Waals surface area contributed by atoms with Crippen LogP contribution in [0.3, 0.4) is 0 Å². The zero-order valence-corrected chi connectivity index (χ0v) is 27.2. The molecule has 3 aliphatic heterocycles. The lowest BCUT2D eigenvalue weighted by Crippen LogP contribution is -2.60. The first-order chi connectivity index (χ1) is 22.3. The first kappa shape index (κ1) is 31.1. The van der Waals surface area contributed by atoms with Gasteiger partial charge in [-0.15, -0.1) is 0 Å². The molecule has 3 aromatic carbocycles. The average molecular weight is 631 g/mol. The Bertz CT molecular complexity index is 1750. The molecule has 3 aliphatic rings. The van der Waals surface area contributed by atoms with Gasteiger partial charge in [-0.25, -0.2) is 4.79 Å². The number of carbonyl (C=O) groups is 2. The summed E-state index contributed by atoms with van der Waals surface area (Å²) in [6.45, 7) is 3.64. The summed E-state index contributed by atoms with van der Waals surface area (Å²) in [5.74, 6) is 2.50. The molecule has 2 bridgehead atoms. The van der Waals surface area contributed by atoms with E-state index in [9.17, 15) is 9.59 Å². The maximum atomic E-state index is 14.5. The molecule has 1 fully saturated rings. The molecule has 11 heteroatoms. The lowest BCUT2D eigenvalue weighted by atomic mass is 9.78. The predicted octanol–water partition coefficient (Wildman–Crippen LogP) is 4.71. The van der Waals surface area contributed by atoms with Crippen LogP contribution < -0.4 is 33.7 Å². The van der Waals surface area contributed by atoms with Gasteiger partial charge in [-0.2, -0.15) is 0 Å². The minimum absolute atomic E-state index is 0.153. The highest BCUT2D eigenvalue weighted by atomic mass is 16.5. The number of hydrogen-bond donors (Lipinski definition) is 1. The highest BCUT2D eigenvalue weighted by molar-refractivity contribution is 5.92. The predicted molar refractivity (Wildman–Crippen MR) is 169 cm³/mol. The van der Waals surface area contributed by atoms with Gasteiger partial charge in [0, 0.05) is 45.5 Å². The van der Waals surface area contributed by atoms with Crippen LogP contribution in [-0.2, 0) is 16.0 Å². The fourth-order valence-corrected chi connectivity index (χ4v) is 7.25. The largest absolute Gasteiger partial charge is 0.496 e. The van der Waals surface area contributed by atoms with Crippen LogP contribution in [0.4, 0.5) is 0 Å². The molecule has 3 heterocycles. The summed E-state index contributed by atoms with van der Waals surface area (Å²) in [4.78, 5) is 29.5. The topological polar surface area (TPSA) is 114 Å². The fraction of sp³-hybridized carbons (Fsp3) is 0.371. The number of piperazine rings is 1. The minimum atomic E-state index is -0.776. The second-order valence-electron chi connectivity index (χ2n) is 11.3. The van der Waals surface area contributed by atoms with E-state index in [0.717, 1.165) is 22.3 Å². The van der Waals surface area contributed by atoms with Gasteiger partial charge >= 0.3 is 5.97 Å². The van der Waals surface area contributed by atoms with E-state index in [1.807, 2.05) is 26.0 Å². The van der Waals surface area contributed by atoms with Gasteiger partial charge in [0.25, 0.3) is 0 Å². The van der Waals surface area contributed by atoms with Crippen molar-refractivity contribution in [2.24, 2.45) is 0 Å². The monoisotopic (exact) mass is 630 g/mol. The van der Waals surface area contributed by atoms with Crippen LogP contribution in [0.1, 0.15) is 55.8 Å². The molecule has 1 saturated heterocycles. The molecule has 242 valence electrons. The molecule has 0 radical (unpaired) electrons. The van der Waals surface area contributed by atoms with E-state index in [0.29, 0.717) is 63.3 Å². The van der Waals surface area contributed by atoms with Crippen molar-refractivity contribution in [3.05, 3.63) is 75.0 Å². The van der Waals surface area contributed by atoms with E-state index in [1.54, 1.807) is 71.8 Å². The van der Waals surface area contributed by atoms with Gasteiger partial charge < -0.3 is 38.1 Å². The van der Waals surface area contributed by atoms with Gasteiger partial charge in [-0.05, 0) is 32.1 Å². The third-order valence-corrected chi connectivity index (χ3v) is 9.12. The number of methoxy groups -OCH3 is 6. The van der Waals surface area contributed by atoms with Crippen LogP contribution in [0.2, 0.25) is 0 Å². The summed E-state index contributed by atoms with van der Waals surface area (Å²) in [5, 5.41) is 3.55. The zero-order chi connectivity index (χ0) is 32.9. The van der Waals surface area contributed by atoms with Crippen molar-refractivity contribution in [1.82, 2.24) is 10.2 Å². The quantitative estimate of drug-likeness (QED) is 0.334. The molecule has 0 saturated carbocycles. The number of amides is 1. The molecule has 3 aromatic rings. The Labute approximate surface area is 267 Å². The smallest absolute Gasteiger partial charge is 0.338 e. The molecule has 0 aliphatic carbocycles. The van der Waals surface area contributed by atoms with Gasteiger partial charge in [-0.1, -0.05) is 18.2 Å². The molecule has 0 spiro atoms. The van der Waals surface area contributed by atoms with Crippen molar-refractivity contribution in [2.45, 2.75) is 38.4 Å². The third-order valence-electron chi connectivity index (χ3n) is 9.12. The van der Waals surface area contributed by atoms with Crippen LogP contribution >= 0.6 is 0 Å². The summed E-state index contributed by atoms with van der Waals surface area (Å²) in [5.41, 5.74) is 5.52. The number of ether oxygens (including phenoxy) is 7. The maximum Gasteiger partial charge on any atom is 0.338 e. The van der Waals surface area contributed by atoms with E-state index in [-0.39, 0.29) is 12.5 Å². The number of fused-ring (bicyclic) bond motifs is 7. The van der Waals surface area contributed by atoms with Gasteiger partial charge in [0.05, 0.1) is 60.3 Å². The van der Waals surface area contributed by atoms with Crippen molar-refractivity contribution >= 4 is 18.0 Å². The summed E-state index contributed by atoms with van der Waals surface area (Å²) in [6.07, 6.45) is 2.28. The molecule has 46 heavy (non-hydrogen) atoms. The molecule has 0 aromatic heterocycles. The Morgan fingerprint density at radius 3 is 1.93 bits per heavy atom. The number of rotatable bonds is 9. The van der Waals surface area contributed by atoms with Gasteiger partial charge in [0.15, 0.2) is 23.0 Å². The Morgan fingerprint density at radius 2 is 1.35 bits per heavy atom. The van der Waals surface area contributed by atoms with Gasteiger partial charge in [0.1, 0.15) is 24.1 Å². The molecule has 6 rings (SSSR count). The Morgan fingerprint density at radius 1 is 0.783 bits per heavy atom. The van der Waals surface area contributed by atoms with Crippen LogP contribution in [0.15, 0.2) is 36.0 Å². The molecule has 1 amide bonds. The number of hydrogen-bond acceptors (Lipinski definition) is 10. The van der Waals surface area contributed by atoms with Crippen molar-refractivity contribution in [1.29, 1.82) is 0 Å². The fourth-order valence-electron chi connectivity index (χ4n) is 7.25. The Hall–Kier alpha value is -4.90. The third kappa shape index (κ3) is 4.52.